The number of nitrogens with one attached hydrogen (secondary N) is 2. The summed E-state index contributed by atoms with van der Waals surface area (Å²) >= 11 is 0. The first-order chi connectivity index (χ1) is 7.76. The number of unbranched alkanes of at least 4 members (excludes halogenated alkanes) is 2. The summed E-state index contributed by atoms with van der Waals surface area (Å²) in [5.41, 5.74) is 2.43. The maximum atomic E-state index is 5.24. The summed E-state index contributed by atoms with van der Waals surface area (Å²) in [6.07, 6.45) is 6.62. The molecule has 1 unspecified atom stereocenters. The highest BCUT2D eigenvalue weighted by Crippen LogP contribution is 2.10. The molecule has 4 N–H and O–H groups in total. The van der Waals surface area contributed by atoms with Crippen LogP contribution < -0.4 is 16.6 Å². The van der Waals surface area contributed by atoms with Gasteiger partial charge in [0.15, 0.2) is 0 Å². The lowest BCUT2D eigenvalue weighted by molar-refractivity contribution is 0.613. The summed E-state index contributed by atoms with van der Waals surface area (Å²) < 4.78 is 0. The van der Waals surface area contributed by atoms with Crippen LogP contribution in [0.4, 0.5) is 11.8 Å². The molecule has 90 valence electrons. The van der Waals surface area contributed by atoms with Gasteiger partial charge in [0.05, 0.1) is 0 Å². The number of nitrogens with two attached hydrogens (primary N) is 1. The van der Waals surface area contributed by atoms with Crippen LogP contribution in [0.15, 0.2) is 12.3 Å². The fraction of sp³-hybridized carbons (Fsp3) is 0.636. The molecule has 1 atom stereocenters. The van der Waals surface area contributed by atoms with Gasteiger partial charge in [-0.15, -0.1) is 0 Å². The van der Waals surface area contributed by atoms with Crippen molar-refractivity contribution in [2.24, 2.45) is 5.84 Å². The van der Waals surface area contributed by atoms with Crippen molar-refractivity contribution in [1.29, 1.82) is 0 Å². The monoisotopic (exact) mass is 223 g/mol. The predicted molar refractivity (Wildman–Crippen MR) is 67.1 cm³/mol. The van der Waals surface area contributed by atoms with Crippen molar-refractivity contribution in [1.82, 2.24) is 9.97 Å². The van der Waals surface area contributed by atoms with Gasteiger partial charge in [-0.25, -0.2) is 10.8 Å². The van der Waals surface area contributed by atoms with E-state index in [-0.39, 0.29) is 0 Å². The number of nitrogen functional groups attached to an aromatic ring is 1. The molecule has 0 aromatic carbocycles. The van der Waals surface area contributed by atoms with E-state index in [1.54, 1.807) is 6.20 Å². The molecule has 1 rings (SSSR count). The normalized spacial score (nSPS) is 12.2. The molecule has 0 bridgehead atoms. The Kier molecular flexibility index (Phi) is 5.56. The number of anilines is 2. The van der Waals surface area contributed by atoms with Crippen LogP contribution in [0.1, 0.15) is 39.5 Å². The molecule has 1 aromatic heterocycles. The Morgan fingerprint density at radius 3 is 2.94 bits per heavy atom. The Balaban J connectivity index is 2.39. The Hall–Kier alpha value is -1.36. The van der Waals surface area contributed by atoms with Crippen LogP contribution in [0.2, 0.25) is 0 Å². The molecule has 0 saturated heterocycles. The van der Waals surface area contributed by atoms with E-state index in [2.05, 4.69) is 34.6 Å². The van der Waals surface area contributed by atoms with Crippen molar-refractivity contribution in [2.75, 3.05) is 10.7 Å². The van der Waals surface area contributed by atoms with Crippen molar-refractivity contribution < 1.29 is 0 Å². The minimum Gasteiger partial charge on any atom is -0.367 e. The maximum Gasteiger partial charge on any atom is 0.239 e. The Morgan fingerprint density at radius 2 is 2.25 bits per heavy atom. The highest BCUT2D eigenvalue weighted by atomic mass is 15.3. The summed E-state index contributed by atoms with van der Waals surface area (Å²) in [5, 5.41) is 3.33. The third-order valence-electron chi connectivity index (χ3n) is 2.42. The maximum absolute atomic E-state index is 5.24. The molecule has 0 radical (unpaired) electrons. The van der Waals surface area contributed by atoms with E-state index < -0.39 is 0 Å². The van der Waals surface area contributed by atoms with Gasteiger partial charge in [0, 0.05) is 12.2 Å². The van der Waals surface area contributed by atoms with E-state index in [0.717, 1.165) is 12.2 Å². The number of hydrazine groups is 1. The molecule has 0 aliphatic rings. The van der Waals surface area contributed by atoms with E-state index in [1.165, 1.54) is 19.3 Å². The second kappa shape index (κ2) is 7.00. The molecular formula is C11H21N5. The Labute approximate surface area is 96.8 Å². The largest absolute Gasteiger partial charge is 0.367 e. The van der Waals surface area contributed by atoms with Crippen LogP contribution in [0.3, 0.4) is 0 Å². The predicted octanol–water partition coefficient (Wildman–Crippen LogP) is 2.14. The molecule has 0 spiro atoms. The lowest BCUT2D eigenvalue weighted by Gasteiger charge is -2.14. The van der Waals surface area contributed by atoms with Crippen molar-refractivity contribution in [3.63, 3.8) is 0 Å². The first-order valence-electron chi connectivity index (χ1n) is 5.82. The van der Waals surface area contributed by atoms with Gasteiger partial charge in [-0.05, 0) is 19.4 Å². The zero-order valence-electron chi connectivity index (χ0n) is 10.0. The molecule has 5 heteroatoms. The SMILES string of the molecule is CCCCCC(C)Nc1ccnc(NN)n1. The third kappa shape index (κ3) is 4.44. The van der Waals surface area contributed by atoms with E-state index in [4.69, 9.17) is 5.84 Å². The minimum absolute atomic E-state index is 0.423. The second-order valence-electron chi connectivity index (χ2n) is 3.95. The average molecular weight is 223 g/mol. The second-order valence-corrected chi connectivity index (χ2v) is 3.95. The molecule has 1 aromatic rings. The summed E-state index contributed by atoms with van der Waals surface area (Å²) in [6.45, 7) is 4.37. The summed E-state index contributed by atoms with van der Waals surface area (Å²) in [4.78, 5) is 8.15. The van der Waals surface area contributed by atoms with E-state index in [9.17, 15) is 0 Å². The third-order valence-corrected chi connectivity index (χ3v) is 2.42. The summed E-state index contributed by atoms with van der Waals surface area (Å²) in [5.74, 6) is 6.49. The molecule has 0 saturated carbocycles. The van der Waals surface area contributed by atoms with Gasteiger partial charge >= 0.3 is 0 Å². The van der Waals surface area contributed by atoms with Crippen LogP contribution in [0, 0.1) is 0 Å². The zero-order valence-corrected chi connectivity index (χ0v) is 10.0. The zero-order chi connectivity index (χ0) is 11.8. The van der Waals surface area contributed by atoms with Crippen LogP contribution in [-0.2, 0) is 0 Å². The first kappa shape index (κ1) is 12.7. The van der Waals surface area contributed by atoms with Crippen LogP contribution in [0.5, 0.6) is 0 Å². The standard InChI is InChI=1S/C11H21N5/c1-3-4-5-6-9(2)14-10-7-8-13-11(15-10)16-12/h7-9H,3-6,12H2,1-2H3,(H2,13,14,15,16). The van der Waals surface area contributed by atoms with Gasteiger partial charge in [0.25, 0.3) is 0 Å². The van der Waals surface area contributed by atoms with Crippen LogP contribution in [-0.4, -0.2) is 16.0 Å². The van der Waals surface area contributed by atoms with Gasteiger partial charge in [-0.1, -0.05) is 26.2 Å². The number of rotatable bonds is 7. The molecule has 16 heavy (non-hydrogen) atoms. The molecule has 0 amide bonds. The number of aromatic nitrogens is 2. The number of hydrogen-bond donors (Lipinski definition) is 3. The molecular weight excluding hydrogens is 202 g/mol. The Morgan fingerprint density at radius 1 is 1.44 bits per heavy atom. The van der Waals surface area contributed by atoms with Gasteiger partial charge in [0.1, 0.15) is 5.82 Å². The number of nitrogens with zero attached hydrogens (tertiary/aromatic N) is 2. The molecule has 0 fully saturated rings. The summed E-state index contributed by atoms with van der Waals surface area (Å²) in [7, 11) is 0. The minimum atomic E-state index is 0.423. The van der Waals surface area contributed by atoms with Crippen LogP contribution >= 0.6 is 0 Å². The van der Waals surface area contributed by atoms with Gasteiger partial charge < -0.3 is 5.32 Å². The number of hydrogen-bond acceptors (Lipinski definition) is 5. The fourth-order valence-electron chi connectivity index (χ4n) is 1.53. The average Bonchev–Trinajstić information content (AvgIpc) is 2.29. The lowest BCUT2D eigenvalue weighted by Crippen LogP contribution is -2.17. The molecule has 5 nitrogen and oxygen atoms in total. The quantitative estimate of drug-likeness (QED) is 0.375. The van der Waals surface area contributed by atoms with Gasteiger partial charge in [-0.2, -0.15) is 4.98 Å². The molecule has 1 heterocycles. The van der Waals surface area contributed by atoms with Gasteiger partial charge in [-0.3, -0.25) is 5.43 Å². The van der Waals surface area contributed by atoms with Gasteiger partial charge in [0.2, 0.25) is 5.95 Å². The fourth-order valence-corrected chi connectivity index (χ4v) is 1.53. The highest BCUT2D eigenvalue weighted by Gasteiger charge is 2.03. The first-order valence-corrected chi connectivity index (χ1v) is 5.82. The summed E-state index contributed by atoms with van der Waals surface area (Å²) in [6, 6.07) is 2.27. The topological polar surface area (TPSA) is 75.9 Å². The lowest BCUT2D eigenvalue weighted by atomic mass is 10.1. The van der Waals surface area contributed by atoms with E-state index >= 15 is 0 Å². The van der Waals surface area contributed by atoms with Crippen molar-refractivity contribution >= 4 is 11.8 Å². The molecule has 0 aliphatic heterocycles. The van der Waals surface area contributed by atoms with Crippen molar-refractivity contribution in [2.45, 2.75) is 45.6 Å². The van der Waals surface area contributed by atoms with E-state index in [0.29, 0.717) is 12.0 Å². The van der Waals surface area contributed by atoms with E-state index in [1.807, 2.05) is 6.07 Å². The van der Waals surface area contributed by atoms with Crippen molar-refractivity contribution in [3.05, 3.63) is 12.3 Å². The molecule has 0 aliphatic carbocycles. The Bertz CT molecular complexity index is 302. The smallest absolute Gasteiger partial charge is 0.239 e. The van der Waals surface area contributed by atoms with Crippen LogP contribution in [0.25, 0.3) is 0 Å². The highest BCUT2D eigenvalue weighted by molar-refractivity contribution is 5.39. The van der Waals surface area contributed by atoms with Crippen molar-refractivity contribution in [3.8, 4) is 0 Å².